The maximum absolute atomic E-state index is 13.8. The third kappa shape index (κ3) is 3.18. The van der Waals surface area contributed by atoms with Crippen molar-refractivity contribution in [2.24, 2.45) is 5.73 Å². The van der Waals surface area contributed by atoms with Crippen LogP contribution in [0.1, 0.15) is 11.7 Å². The Bertz CT molecular complexity index is 973. The maximum atomic E-state index is 13.8. The largest absolute Gasteiger partial charge is 0.460 e. The highest BCUT2D eigenvalue weighted by atomic mass is 32.2. The van der Waals surface area contributed by atoms with Crippen LogP contribution in [0.4, 0.5) is 8.78 Å². The molecule has 1 atom stereocenters. The first-order chi connectivity index (χ1) is 11.8. The van der Waals surface area contributed by atoms with Gasteiger partial charge in [0.2, 0.25) is 17.4 Å². The van der Waals surface area contributed by atoms with Gasteiger partial charge in [0, 0.05) is 5.56 Å². The van der Waals surface area contributed by atoms with E-state index < -0.39 is 50.8 Å². The van der Waals surface area contributed by atoms with Gasteiger partial charge in [0.25, 0.3) is 0 Å². The molecule has 0 amide bonds. The number of benzene rings is 2. The lowest BCUT2D eigenvalue weighted by Crippen LogP contribution is -2.16. The fourth-order valence-corrected chi connectivity index (χ4v) is 3.19. The Morgan fingerprint density at radius 3 is 2.44 bits per heavy atom. The quantitative estimate of drug-likeness (QED) is 0.832. The van der Waals surface area contributed by atoms with Crippen LogP contribution in [0.25, 0.3) is 0 Å². The molecule has 0 aromatic heterocycles. The third-order valence-corrected chi connectivity index (χ3v) is 4.63. The van der Waals surface area contributed by atoms with Crippen LogP contribution < -0.4 is 5.73 Å². The van der Waals surface area contributed by atoms with Crippen molar-refractivity contribution in [2.45, 2.75) is 11.0 Å². The molecule has 2 N–H and O–H groups in total. The summed E-state index contributed by atoms with van der Waals surface area (Å²) >= 11 is 0. The van der Waals surface area contributed by atoms with E-state index in [-0.39, 0.29) is 4.90 Å². The van der Waals surface area contributed by atoms with Gasteiger partial charge in [0.15, 0.2) is 6.10 Å². The molecule has 1 heterocycles. The molecule has 0 bridgehead atoms. The van der Waals surface area contributed by atoms with Gasteiger partial charge in [-0.25, -0.2) is 8.78 Å². The van der Waals surface area contributed by atoms with Gasteiger partial charge >= 0.3 is 10.1 Å². The van der Waals surface area contributed by atoms with Crippen molar-refractivity contribution in [3.8, 4) is 0 Å². The van der Waals surface area contributed by atoms with E-state index in [1.54, 1.807) is 6.07 Å². The highest BCUT2D eigenvalue weighted by Crippen LogP contribution is 2.34. The van der Waals surface area contributed by atoms with E-state index in [9.17, 15) is 22.0 Å². The Labute approximate surface area is 141 Å². The van der Waals surface area contributed by atoms with Crippen molar-refractivity contribution < 1.29 is 30.9 Å². The summed E-state index contributed by atoms with van der Waals surface area (Å²) in [5.41, 5.74) is 5.09. The van der Waals surface area contributed by atoms with Crippen molar-refractivity contribution in [1.29, 1.82) is 0 Å². The number of nitrogens with two attached hydrogens (primary N) is 1. The number of halogens is 2. The molecule has 0 fully saturated rings. The van der Waals surface area contributed by atoms with Crippen molar-refractivity contribution in [3.63, 3.8) is 0 Å². The Kier molecular flexibility index (Phi) is 4.17. The van der Waals surface area contributed by atoms with Gasteiger partial charge in [0.05, 0.1) is 0 Å². The zero-order chi connectivity index (χ0) is 18.2. The molecule has 0 spiro atoms. The molecule has 1 unspecified atom stereocenters. The number of ketones is 1. The summed E-state index contributed by atoms with van der Waals surface area (Å²) in [6, 6.07) is 9.49. The van der Waals surface area contributed by atoms with Gasteiger partial charge < -0.3 is 14.7 Å². The molecule has 9 heteroatoms. The predicted molar refractivity (Wildman–Crippen MR) is 81.1 cm³/mol. The monoisotopic (exact) mass is 367 g/mol. The van der Waals surface area contributed by atoms with Crippen LogP contribution in [-0.4, -0.2) is 14.2 Å². The van der Waals surface area contributed by atoms with E-state index in [2.05, 4.69) is 0 Å². The number of ether oxygens (including phenoxy) is 1. The first-order valence-electron chi connectivity index (χ1n) is 6.94. The minimum absolute atomic E-state index is 0.205. The van der Waals surface area contributed by atoms with Crippen molar-refractivity contribution in [3.05, 3.63) is 77.4 Å². The van der Waals surface area contributed by atoms with Crippen molar-refractivity contribution in [1.82, 2.24) is 0 Å². The molecule has 1 aliphatic heterocycles. The van der Waals surface area contributed by atoms with E-state index in [0.29, 0.717) is 0 Å². The average Bonchev–Trinajstić information content (AvgIpc) is 2.85. The van der Waals surface area contributed by atoms with Crippen LogP contribution in [0.15, 0.2) is 65.1 Å². The molecule has 2 aromatic carbocycles. The number of rotatable bonds is 4. The predicted octanol–water partition coefficient (Wildman–Crippen LogP) is 2.14. The number of carbonyl (C=O) groups is 1. The van der Waals surface area contributed by atoms with Crippen LogP contribution in [0, 0.1) is 11.6 Å². The molecule has 0 saturated heterocycles. The lowest BCUT2D eigenvalue weighted by molar-refractivity contribution is -0.123. The summed E-state index contributed by atoms with van der Waals surface area (Å²) in [7, 11) is -4.34. The second-order valence-electron chi connectivity index (χ2n) is 5.07. The fraction of sp³-hybridized carbons (Fsp3) is 0.0625. The van der Waals surface area contributed by atoms with Gasteiger partial charge in [0.1, 0.15) is 16.5 Å². The normalized spacial score (nSPS) is 17.5. The molecule has 6 nitrogen and oxygen atoms in total. The van der Waals surface area contributed by atoms with Crippen molar-refractivity contribution >= 4 is 15.9 Å². The molecule has 25 heavy (non-hydrogen) atoms. The summed E-state index contributed by atoms with van der Waals surface area (Å²) in [6.45, 7) is 0. The summed E-state index contributed by atoms with van der Waals surface area (Å²) in [6.07, 6.45) is -1.63. The molecular weight excluding hydrogens is 356 g/mol. The highest BCUT2D eigenvalue weighted by Gasteiger charge is 2.41. The molecule has 2 aromatic rings. The van der Waals surface area contributed by atoms with Gasteiger partial charge in [-0.3, -0.25) is 4.79 Å². The Morgan fingerprint density at radius 1 is 1.08 bits per heavy atom. The summed E-state index contributed by atoms with van der Waals surface area (Å²) in [5, 5.41) is 0. The number of carbonyl (C=O) groups excluding carboxylic acids is 1. The second kappa shape index (κ2) is 6.17. The maximum Gasteiger partial charge on any atom is 0.339 e. The van der Waals surface area contributed by atoms with E-state index in [0.717, 1.165) is 18.2 Å². The van der Waals surface area contributed by atoms with Gasteiger partial charge in [-0.1, -0.05) is 18.2 Å². The van der Waals surface area contributed by atoms with Gasteiger partial charge in [-0.05, 0) is 30.3 Å². The second-order valence-corrected chi connectivity index (χ2v) is 6.62. The Hall–Kier alpha value is -2.94. The zero-order valence-electron chi connectivity index (χ0n) is 12.5. The van der Waals surface area contributed by atoms with Crippen LogP contribution in [0.2, 0.25) is 0 Å². The van der Waals surface area contributed by atoms with Crippen LogP contribution in [0.3, 0.4) is 0 Å². The topological polar surface area (TPSA) is 95.7 Å². The van der Waals surface area contributed by atoms with E-state index in [4.69, 9.17) is 14.7 Å². The Balaban J connectivity index is 1.90. The van der Waals surface area contributed by atoms with Crippen LogP contribution in [0.5, 0.6) is 0 Å². The first-order valence-corrected chi connectivity index (χ1v) is 8.35. The average molecular weight is 367 g/mol. The number of hydrogen-bond donors (Lipinski definition) is 1. The molecule has 0 saturated carbocycles. The van der Waals surface area contributed by atoms with Crippen LogP contribution in [-0.2, 0) is 23.8 Å². The molecular formula is C16H11F2NO5S. The first kappa shape index (κ1) is 16.9. The van der Waals surface area contributed by atoms with Gasteiger partial charge in [-0.2, -0.15) is 8.42 Å². The summed E-state index contributed by atoms with van der Waals surface area (Å²) in [5.74, 6) is -4.13. The smallest absolute Gasteiger partial charge is 0.339 e. The van der Waals surface area contributed by atoms with E-state index in [1.165, 1.54) is 24.3 Å². The fourth-order valence-electron chi connectivity index (χ4n) is 2.22. The van der Waals surface area contributed by atoms with Gasteiger partial charge in [-0.15, -0.1) is 0 Å². The minimum Gasteiger partial charge on any atom is -0.460 e. The zero-order valence-corrected chi connectivity index (χ0v) is 13.3. The van der Waals surface area contributed by atoms with Crippen LogP contribution >= 0.6 is 0 Å². The number of Topliss-reactive ketones (excluding diaryl/α,β-unsaturated/α-hetero) is 1. The number of hydrogen-bond acceptors (Lipinski definition) is 6. The summed E-state index contributed by atoms with van der Waals surface area (Å²) in [4.78, 5) is 12.1. The highest BCUT2D eigenvalue weighted by molar-refractivity contribution is 7.86. The third-order valence-electron chi connectivity index (χ3n) is 3.40. The minimum atomic E-state index is -4.34. The lowest BCUT2D eigenvalue weighted by Gasteiger charge is -2.11. The Morgan fingerprint density at radius 2 is 1.76 bits per heavy atom. The molecule has 130 valence electrons. The summed E-state index contributed by atoms with van der Waals surface area (Å²) < 4.78 is 61.3. The molecule has 0 aliphatic carbocycles. The lowest BCUT2D eigenvalue weighted by atomic mass is 10.1. The van der Waals surface area contributed by atoms with Crippen molar-refractivity contribution in [2.75, 3.05) is 0 Å². The molecule has 1 aliphatic rings. The molecule has 3 rings (SSSR count). The standard InChI is InChI=1S/C16H11F2NO5S/c17-9-6-7-12(18)11(8-9)14-13(20)15(16(19)23-14)24-25(21,22)10-4-2-1-3-5-10/h1-8,14H,19H2. The van der Waals surface area contributed by atoms with E-state index in [1.807, 2.05) is 0 Å². The SMILES string of the molecule is NC1=C(OS(=O)(=O)c2ccccc2)C(=O)C(c2cc(F)ccc2F)O1. The van der Waals surface area contributed by atoms with E-state index >= 15 is 0 Å². The molecule has 0 radical (unpaired) electrons.